The number of pyridine rings is 1. The van der Waals surface area contributed by atoms with Gasteiger partial charge in [0.15, 0.2) is 17.2 Å². The summed E-state index contributed by atoms with van der Waals surface area (Å²) in [6.45, 7) is 0. The first-order chi connectivity index (χ1) is 9.11. The van der Waals surface area contributed by atoms with Crippen LogP contribution in [0.3, 0.4) is 0 Å². The van der Waals surface area contributed by atoms with Crippen LogP contribution in [0.2, 0.25) is 0 Å². The first kappa shape index (κ1) is 12.7. The van der Waals surface area contributed by atoms with Crippen LogP contribution in [0.5, 0.6) is 17.2 Å². The fourth-order valence-electron chi connectivity index (χ4n) is 1.54. The predicted octanol–water partition coefficient (Wildman–Crippen LogP) is 1.75. The van der Waals surface area contributed by atoms with Gasteiger partial charge in [0.1, 0.15) is 5.75 Å². The lowest BCUT2D eigenvalue weighted by molar-refractivity contribution is 0.101. The van der Waals surface area contributed by atoms with Gasteiger partial charge in [-0.1, -0.05) is 6.07 Å². The normalized spacial score (nSPS) is 9.95. The van der Waals surface area contributed by atoms with Crippen molar-refractivity contribution < 1.29 is 19.7 Å². The molecule has 0 saturated carbocycles. The molecule has 0 aliphatic heterocycles. The Bertz CT molecular complexity index is 613. The number of hydrogen-bond acceptors (Lipinski definition) is 5. The molecule has 19 heavy (non-hydrogen) atoms. The van der Waals surface area contributed by atoms with Crippen LogP contribution in [0.1, 0.15) is 10.5 Å². The van der Waals surface area contributed by atoms with Gasteiger partial charge in [0, 0.05) is 24.0 Å². The number of rotatable bonds is 3. The van der Waals surface area contributed by atoms with E-state index >= 15 is 0 Å². The van der Waals surface area contributed by atoms with E-state index in [4.69, 9.17) is 4.74 Å². The van der Waals surface area contributed by atoms with Gasteiger partial charge in [0.05, 0.1) is 7.11 Å². The molecule has 0 saturated heterocycles. The third-order valence-corrected chi connectivity index (χ3v) is 2.43. The van der Waals surface area contributed by atoms with Gasteiger partial charge < -0.3 is 20.3 Å². The number of amides is 1. The summed E-state index contributed by atoms with van der Waals surface area (Å²) >= 11 is 0. The number of benzene rings is 1. The number of ether oxygens (including phenoxy) is 1. The highest BCUT2D eigenvalue weighted by Gasteiger charge is 2.16. The number of anilines is 1. The Hall–Kier alpha value is -2.76. The summed E-state index contributed by atoms with van der Waals surface area (Å²) in [5, 5.41) is 21.6. The first-order valence-electron chi connectivity index (χ1n) is 5.44. The fourth-order valence-corrected chi connectivity index (χ4v) is 1.54. The number of methoxy groups -OCH3 is 1. The van der Waals surface area contributed by atoms with Crippen molar-refractivity contribution in [3.63, 3.8) is 0 Å². The molecule has 1 aromatic heterocycles. The Morgan fingerprint density at radius 2 is 2.11 bits per heavy atom. The number of phenols is 1. The minimum Gasteiger partial charge on any atom is -0.508 e. The van der Waals surface area contributed by atoms with E-state index in [0.717, 1.165) is 0 Å². The quantitative estimate of drug-likeness (QED) is 0.782. The molecular formula is C13H12N2O4. The van der Waals surface area contributed by atoms with Crippen LogP contribution in [0.15, 0.2) is 36.5 Å². The summed E-state index contributed by atoms with van der Waals surface area (Å²) in [5.41, 5.74) is 0.247. The lowest BCUT2D eigenvalue weighted by Gasteiger charge is -2.08. The second-order valence-corrected chi connectivity index (χ2v) is 3.71. The maximum absolute atomic E-state index is 11.9. The summed E-state index contributed by atoms with van der Waals surface area (Å²) in [5.74, 6) is -0.735. The molecule has 0 radical (unpaired) electrons. The molecule has 6 nitrogen and oxygen atoms in total. The van der Waals surface area contributed by atoms with Crippen molar-refractivity contribution in [2.75, 3.05) is 12.4 Å². The zero-order valence-corrected chi connectivity index (χ0v) is 10.1. The Balaban J connectivity index is 2.25. The van der Waals surface area contributed by atoms with Crippen molar-refractivity contribution >= 4 is 11.6 Å². The van der Waals surface area contributed by atoms with Crippen LogP contribution >= 0.6 is 0 Å². The van der Waals surface area contributed by atoms with Crippen molar-refractivity contribution in [3.8, 4) is 17.2 Å². The molecule has 0 aliphatic carbocycles. The van der Waals surface area contributed by atoms with Gasteiger partial charge in [-0.2, -0.15) is 0 Å². The zero-order valence-electron chi connectivity index (χ0n) is 10.1. The van der Waals surface area contributed by atoms with Crippen molar-refractivity contribution in [1.29, 1.82) is 0 Å². The third-order valence-electron chi connectivity index (χ3n) is 2.43. The summed E-state index contributed by atoms with van der Waals surface area (Å²) in [6, 6.07) is 7.51. The molecule has 0 spiro atoms. The lowest BCUT2D eigenvalue weighted by Crippen LogP contribution is -2.14. The van der Waals surface area contributed by atoms with Gasteiger partial charge in [-0.15, -0.1) is 0 Å². The summed E-state index contributed by atoms with van der Waals surface area (Å²) in [4.78, 5) is 15.7. The highest BCUT2D eigenvalue weighted by Crippen LogP contribution is 2.28. The van der Waals surface area contributed by atoms with Crippen molar-refractivity contribution in [1.82, 2.24) is 4.98 Å². The molecule has 1 aromatic carbocycles. The summed E-state index contributed by atoms with van der Waals surface area (Å²) in [7, 11) is 1.38. The number of aromatic nitrogens is 1. The van der Waals surface area contributed by atoms with Gasteiger partial charge in [0.2, 0.25) is 0 Å². The Labute approximate surface area is 109 Å². The molecule has 1 heterocycles. The summed E-state index contributed by atoms with van der Waals surface area (Å²) < 4.78 is 4.90. The molecule has 2 aromatic rings. The topological polar surface area (TPSA) is 91.7 Å². The van der Waals surface area contributed by atoms with E-state index < -0.39 is 5.91 Å². The Morgan fingerprint density at radius 3 is 2.79 bits per heavy atom. The average Bonchev–Trinajstić information content (AvgIpc) is 2.39. The first-order valence-corrected chi connectivity index (χ1v) is 5.44. The fraction of sp³-hybridized carbons (Fsp3) is 0.0769. The highest BCUT2D eigenvalue weighted by atomic mass is 16.5. The van der Waals surface area contributed by atoms with Crippen LogP contribution in [0, 0.1) is 0 Å². The minimum absolute atomic E-state index is 0.0284. The smallest absolute Gasteiger partial charge is 0.278 e. The molecule has 98 valence electrons. The second kappa shape index (κ2) is 5.26. The maximum atomic E-state index is 11.9. The molecule has 1 amide bonds. The standard InChI is InChI=1S/C13H12N2O4/c1-19-10-5-6-14-11(12(10)17)13(18)15-8-3-2-4-9(16)7-8/h2-7,16-17H,1H3,(H,15,18). The molecule has 6 heteroatoms. The van der Waals surface area contributed by atoms with Crippen LogP contribution < -0.4 is 10.1 Å². The molecule has 0 fully saturated rings. The van der Waals surface area contributed by atoms with Crippen molar-refractivity contribution in [2.45, 2.75) is 0 Å². The van der Waals surface area contributed by atoms with Gasteiger partial charge in [0.25, 0.3) is 5.91 Å². The van der Waals surface area contributed by atoms with Crippen LogP contribution in [0.4, 0.5) is 5.69 Å². The molecule has 0 bridgehead atoms. The van der Waals surface area contributed by atoms with Crippen LogP contribution in [-0.2, 0) is 0 Å². The van der Waals surface area contributed by atoms with Gasteiger partial charge in [-0.25, -0.2) is 4.98 Å². The van der Waals surface area contributed by atoms with E-state index in [-0.39, 0.29) is 22.9 Å². The molecule has 0 aliphatic rings. The molecule has 3 N–H and O–H groups in total. The average molecular weight is 260 g/mol. The van der Waals surface area contributed by atoms with Crippen molar-refractivity contribution in [3.05, 3.63) is 42.2 Å². The lowest BCUT2D eigenvalue weighted by atomic mass is 10.2. The number of aromatic hydroxyl groups is 2. The van der Waals surface area contributed by atoms with Gasteiger partial charge in [-0.05, 0) is 12.1 Å². The van der Waals surface area contributed by atoms with Crippen LogP contribution in [0.25, 0.3) is 0 Å². The monoisotopic (exact) mass is 260 g/mol. The van der Waals surface area contributed by atoms with Crippen molar-refractivity contribution in [2.24, 2.45) is 0 Å². The number of hydrogen-bond donors (Lipinski definition) is 3. The zero-order chi connectivity index (χ0) is 13.8. The van der Waals surface area contributed by atoms with E-state index in [2.05, 4.69) is 10.3 Å². The number of carbonyl (C=O) groups excluding carboxylic acids is 1. The van der Waals surface area contributed by atoms with E-state index in [1.54, 1.807) is 12.1 Å². The van der Waals surface area contributed by atoms with Gasteiger partial charge >= 0.3 is 0 Å². The predicted molar refractivity (Wildman–Crippen MR) is 68.5 cm³/mol. The maximum Gasteiger partial charge on any atom is 0.278 e. The second-order valence-electron chi connectivity index (χ2n) is 3.71. The van der Waals surface area contributed by atoms with Crippen LogP contribution in [-0.4, -0.2) is 28.2 Å². The molecule has 0 atom stereocenters. The Kier molecular flexibility index (Phi) is 3.51. The number of phenolic OH excluding ortho intramolecular Hbond substituents is 1. The number of nitrogens with one attached hydrogen (secondary N) is 1. The number of carbonyl (C=O) groups is 1. The summed E-state index contributed by atoms with van der Waals surface area (Å²) in [6.07, 6.45) is 1.36. The Morgan fingerprint density at radius 1 is 1.32 bits per heavy atom. The SMILES string of the molecule is COc1ccnc(C(=O)Nc2cccc(O)c2)c1O. The molecule has 0 unspecified atom stereocenters. The highest BCUT2D eigenvalue weighted by molar-refractivity contribution is 6.05. The van der Waals surface area contributed by atoms with E-state index in [9.17, 15) is 15.0 Å². The van der Waals surface area contributed by atoms with Gasteiger partial charge in [-0.3, -0.25) is 4.79 Å². The molecular weight excluding hydrogens is 248 g/mol. The largest absolute Gasteiger partial charge is 0.508 e. The molecule has 2 rings (SSSR count). The number of nitrogens with zero attached hydrogens (tertiary/aromatic N) is 1. The van der Waals surface area contributed by atoms with E-state index in [0.29, 0.717) is 5.69 Å². The van der Waals surface area contributed by atoms with E-state index in [1.165, 1.54) is 31.5 Å². The third kappa shape index (κ3) is 2.74. The minimum atomic E-state index is -0.595. The van der Waals surface area contributed by atoms with E-state index in [1.807, 2.05) is 0 Å².